The molecule has 2 aromatic carbocycles. The van der Waals surface area contributed by atoms with Crippen LogP contribution in [0.3, 0.4) is 0 Å². The lowest BCUT2D eigenvalue weighted by atomic mass is 9.96. The number of furan rings is 1. The summed E-state index contributed by atoms with van der Waals surface area (Å²) in [6, 6.07) is 15.8. The van der Waals surface area contributed by atoms with Gasteiger partial charge in [-0.25, -0.2) is 4.79 Å². The fourth-order valence-corrected chi connectivity index (χ4v) is 3.85. The number of nitrogens with zero attached hydrogens (tertiary/aromatic N) is 1. The number of carbonyl (C=O) groups excluding carboxylic acids is 3. The van der Waals surface area contributed by atoms with Crippen LogP contribution in [-0.2, 0) is 9.53 Å². The van der Waals surface area contributed by atoms with Gasteiger partial charge in [-0.3, -0.25) is 9.59 Å². The van der Waals surface area contributed by atoms with Gasteiger partial charge < -0.3 is 19.4 Å². The number of anilines is 1. The summed E-state index contributed by atoms with van der Waals surface area (Å²) in [6.07, 6.45) is 4.37. The van der Waals surface area contributed by atoms with E-state index in [0.29, 0.717) is 35.5 Å². The molecule has 34 heavy (non-hydrogen) atoms. The van der Waals surface area contributed by atoms with Crippen molar-refractivity contribution in [1.82, 2.24) is 4.90 Å². The van der Waals surface area contributed by atoms with Gasteiger partial charge in [-0.1, -0.05) is 24.0 Å². The maximum absolute atomic E-state index is 12.9. The molecular weight excluding hydrogens is 432 g/mol. The molecule has 7 nitrogen and oxygen atoms in total. The van der Waals surface area contributed by atoms with Gasteiger partial charge in [0.15, 0.2) is 0 Å². The maximum atomic E-state index is 12.9. The summed E-state index contributed by atoms with van der Waals surface area (Å²) in [7, 11) is 1.34. The highest BCUT2D eigenvalue weighted by Gasteiger charge is 2.29. The molecule has 0 bridgehead atoms. The Hall–Kier alpha value is -4.31. The van der Waals surface area contributed by atoms with Crippen LogP contribution in [0, 0.1) is 17.8 Å². The van der Waals surface area contributed by atoms with Crippen molar-refractivity contribution in [2.75, 3.05) is 25.5 Å². The summed E-state index contributed by atoms with van der Waals surface area (Å²) in [5.41, 5.74) is 2.97. The number of likely N-dealkylation sites (tertiary alicyclic amines) is 1. The van der Waals surface area contributed by atoms with Gasteiger partial charge in [-0.05, 0) is 55.3 Å². The molecule has 0 spiro atoms. The molecule has 2 heterocycles. The lowest BCUT2D eigenvalue weighted by Gasteiger charge is -2.31. The minimum Gasteiger partial charge on any atom is -0.472 e. The van der Waals surface area contributed by atoms with E-state index in [4.69, 9.17) is 9.15 Å². The molecule has 4 rings (SSSR count). The molecule has 7 heteroatoms. The number of rotatable bonds is 4. The number of benzene rings is 2. The van der Waals surface area contributed by atoms with Gasteiger partial charge in [0.1, 0.15) is 6.26 Å². The Bertz CT molecular complexity index is 1250. The van der Waals surface area contributed by atoms with Crippen molar-refractivity contribution < 1.29 is 23.5 Å². The number of hydrogen-bond acceptors (Lipinski definition) is 5. The van der Waals surface area contributed by atoms with Crippen molar-refractivity contribution in [1.29, 1.82) is 0 Å². The van der Waals surface area contributed by atoms with Crippen molar-refractivity contribution in [3.8, 4) is 11.8 Å². The van der Waals surface area contributed by atoms with Gasteiger partial charge in [0.2, 0.25) is 5.91 Å². The summed E-state index contributed by atoms with van der Waals surface area (Å²) in [5.74, 6) is 5.14. The lowest BCUT2D eigenvalue weighted by molar-refractivity contribution is -0.121. The first-order chi connectivity index (χ1) is 16.5. The summed E-state index contributed by atoms with van der Waals surface area (Å²) in [5, 5.41) is 2.95. The average molecular weight is 456 g/mol. The van der Waals surface area contributed by atoms with Crippen molar-refractivity contribution in [3.05, 3.63) is 89.4 Å². The number of ether oxygens (including phenoxy) is 1. The van der Waals surface area contributed by atoms with E-state index in [1.165, 1.54) is 19.6 Å². The Kier molecular flexibility index (Phi) is 7.09. The Morgan fingerprint density at radius 2 is 1.79 bits per heavy atom. The fraction of sp³-hybridized carbons (Fsp3) is 0.222. The van der Waals surface area contributed by atoms with Crippen LogP contribution in [0.25, 0.3) is 0 Å². The predicted molar refractivity (Wildman–Crippen MR) is 126 cm³/mol. The zero-order chi connectivity index (χ0) is 23.9. The molecule has 0 radical (unpaired) electrons. The number of amides is 2. The van der Waals surface area contributed by atoms with Gasteiger partial charge >= 0.3 is 5.97 Å². The SMILES string of the molecule is COC(=O)c1cccc(C#Cc2cccc(NC(=O)C3CCCN(C(=O)c4ccoc4)C3)c2)c1. The van der Waals surface area contributed by atoms with Gasteiger partial charge in [0.25, 0.3) is 5.91 Å². The van der Waals surface area contributed by atoms with Crippen LogP contribution in [0.1, 0.15) is 44.7 Å². The fourth-order valence-electron chi connectivity index (χ4n) is 3.85. The van der Waals surface area contributed by atoms with Crippen molar-refractivity contribution in [2.24, 2.45) is 5.92 Å². The third-order valence-electron chi connectivity index (χ3n) is 5.61. The minimum atomic E-state index is -0.416. The van der Waals surface area contributed by atoms with Crippen molar-refractivity contribution >= 4 is 23.5 Å². The van der Waals surface area contributed by atoms with Gasteiger partial charge in [0.05, 0.1) is 30.4 Å². The van der Waals surface area contributed by atoms with Crippen LogP contribution in [0.2, 0.25) is 0 Å². The Labute approximate surface area is 197 Å². The third-order valence-corrected chi connectivity index (χ3v) is 5.61. The number of esters is 1. The molecule has 1 fully saturated rings. The average Bonchev–Trinajstić information content (AvgIpc) is 3.42. The second-order valence-corrected chi connectivity index (χ2v) is 7.99. The maximum Gasteiger partial charge on any atom is 0.337 e. The number of piperidine rings is 1. The van der Waals surface area contributed by atoms with Crippen molar-refractivity contribution in [2.45, 2.75) is 12.8 Å². The second kappa shape index (κ2) is 10.5. The highest BCUT2D eigenvalue weighted by Crippen LogP contribution is 2.21. The van der Waals surface area contributed by atoms with E-state index in [0.717, 1.165) is 18.4 Å². The standard InChI is InChI=1S/C27H24N2O5/c1-33-27(32)21-7-2-5-19(15-21)10-11-20-6-3-9-24(16-20)28-25(30)22-8-4-13-29(17-22)26(31)23-12-14-34-18-23/h2-3,5-7,9,12,14-16,18,22H,4,8,13,17H2,1H3,(H,28,30). The molecule has 1 unspecified atom stereocenters. The summed E-state index contributed by atoms with van der Waals surface area (Å²) in [4.78, 5) is 38.9. The molecule has 1 N–H and O–H groups in total. The van der Waals surface area contributed by atoms with E-state index in [-0.39, 0.29) is 17.7 Å². The predicted octanol–water partition coefficient (Wildman–Crippen LogP) is 3.96. The molecule has 1 aliphatic rings. The quantitative estimate of drug-likeness (QED) is 0.474. The normalized spacial score (nSPS) is 15.1. The number of nitrogens with one attached hydrogen (secondary N) is 1. The van der Waals surface area contributed by atoms with Crippen LogP contribution in [0.15, 0.2) is 71.5 Å². The van der Waals surface area contributed by atoms with Crippen molar-refractivity contribution in [3.63, 3.8) is 0 Å². The molecular formula is C27H24N2O5. The van der Waals surface area contributed by atoms with E-state index < -0.39 is 5.97 Å². The first-order valence-electron chi connectivity index (χ1n) is 11.0. The monoisotopic (exact) mass is 456 g/mol. The minimum absolute atomic E-state index is 0.124. The van der Waals surface area contributed by atoms with Crippen LogP contribution in [0.5, 0.6) is 0 Å². The Morgan fingerprint density at radius 3 is 2.53 bits per heavy atom. The first kappa shape index (κ1) is 22.9. The van der Waals surface area contributed by atoms with Crippen LogP contribution >= 0.6 is 0 Å². The van der Waals surface area contributed by atoms with Gasteiger partial charge in [-0.2, -0.15) is 0 Å². The lowest BCUT2D eigenvalue weighted by Crippen LogP contribution is -2.43. The first-order valence-corrected chi connectivity index (χ1v) is 11.0. The van der Waals surface area contributed by atoms with E-state index in [1.807, 2.05) is 18.2 Å². The van der Waals surface area contributed by atoms with Gasteiger partial charge in [-0.15, -0.1) is 0 Å². The van der Waals surface area contributed by atoms with E-state index >= 15 is 0 Å². The van der Waals surface area contributed by atoms with E-state index in [2.05, 4.69) is 17.2 Å². The molecule has 0 aliphatic carbocycles. The molecule has 1 atom stereocenters. The molecule has 3 aromatic rings. The van der Waals surface area contributed by atoms with E-state index in [9.17, 15) is 14.4 Å². The summed E-state index contributed by atoms with van der Waals surface area (Å²) >= 11 is 0. The second-order valence-electron chi connectivity index (χ2n) is 7.99. The summed E-state index contributed by atoms with van der Waals surface area (Å²) in [6.45, 7) is 0.988. The van der Waals surface area contributed by atoms with Crippen LogP contribution in [-0.4, -0.2) is 42.9 Å². The third kappa shape index (κ3) is 5.54. The molecule has 2 amide bonds. The number of carbonyl (C=O) groups is 3. The zero-order valence-electron chi connectivity index (χ0n) is 18.7. The Balaban J connectivity index is 1.41. The highest BCUT2D eigenvalue weighted by atomic mass is 16.5. The largest absolute Gasteiger partial charge is 0.472 e. The highest BCUT2D eigenvalue weighted by molar-refractivity contribution is 5.96. The molecule has 1 saturated heterocycles. The molecule has 1 aliphatic heterocycles. The zero-order valence-corrected chi connectivity index (χ0v) is 18.7. The number of methoxy groups -OCH3 is 1. The molecule has 1 aromatic heterocycles. The number of hydrogen-bond donors (Lipinski definition) is 1. The molecule has 0 saturated carbocycles. The summed E-state index contributed by atoms with van der Waals surface area (Å²) < 4.78 is 9.74. The van der Waals surface area contributed by atoms with Crippen LogP contribution in [0.4, 0.5) is 5.69 Å². The topological polar surface area (TPSA) is 88.9 Å². The van der Waals surface area contributed by atoms with Gasteiger partial charge in [0, 0.05) is 29.9 Å². The smallest absolute Gasteiger partial charge is 0.337 e. The van der Waals surface area contributed by atoms with E-state index in [1.54, 1.807) is 41.3 Å². The molecule has 172 valence electrons. The Morgan fingerprint density at radius 1 is 1.03 bits per heavy atom. The van der Waals surface area contributed by atoms with Crippen LogP contribution < -0.4 is 5.32 Å².